The first-order valence-electron chi connectivity index (χ1n) is 14.9. The van der Waals surface area contributed by atoms with Crippen LogP contribution in [0.15, 0.2) is 107 Å². The second-order valence-electron chi connectivity index (χ2n) is 11.7. The van der Waals surface area contributed by atoms with Gasteiger partial charge in [0.2, 0.25) is 0 Å². The van der Waals surface area contributed by atoms with Crippen LogP contribution < -0.4 is 8.61 Å². The highest BCUT2D eigenvalue weighted by Crippen LogP contribution is 2.31. The molecular weight excluding hydrogens is 617 g/mol. The number of para-hydroxylation sites is 2. The number of nitrogens with zero attached hydrogens (tertiary/aromatic N) is 4. The maximum absolute atomic E-state index is 12.9. The fourth-order valence-electron chi connectivity index (χ4n) is 5.80. The van der Waals surface area contributed by atoms with E-state index in [2.05, 4.69) is 0 Å². The molecule has 240 valence electrons. The second kappa shape index (κ2) is 12.3. The highest BCUT2D eigenvalue weighted by molar-refractivity contribution is 7.93. The van der Waals surface area contributed by atoms with Crippen LogP contribution in [0.3, 0.4) is 0 Å². The van der Waals surface area contributed by atoms with E-state index in [9.17, 15) is 16.8 Å². The van der Waals surface area contributed by atoms with Crippen LogP contribution in [0.5, 0.6) is 0 Å². The Morgan fingerprint density at radius 1 is 0.500 bits per heavy atom. The summed E-state index contributed by atoms with van der Waals surface area (Å²) in [5, 5.41) is 2.07. The van der Waals surface area contributed by atoms with E-state index >= 15 is 0 Å². The molecule has 0 unspecified atom stereocenters. The Morgan fingerprint density at radius 3 is 1.13 bits per heavy atom. The molecule has 0 saturated heterocycles. The van der Waals surface area contributed by atoms with Crippen molar-refractivity contribution in [2.24, 2.45) is 14.1 Å². The van der Waals surface area contributed by atoms with Gasteiger partial charge in [0.15, 0.2) is 0 Å². The molecule has 2 aromatic heterocycles. The van der Waals surface area contributed by atoms with E-state index in [1.165, 1.54) is 8.61 Å². The van der Waals surface area contributed by atoms with Crippen LogP contribution in [-0.2, 0) is 34.1 Å². The first-order valence-corrected chi connectivity index (χ1v) is 17.7. The molecule has 6 aromatic rings. The van der Waals surface area contributed by atoms with Crippen LogP contribution in [0.2, 0.25) is 0 Å². The van der Waals surface area contributed by atoms with Gasteiger partial charge in [-0.1, -0.05) is 71.8 Å². The van der Waals surface area contributed by atoms with Crippen molar-refractivity contribution in [2.75, 3.05) is 22.7 Å². The van der Waals surface area contributed by atoms with Gasteiger partial charge in [0.25, 0.3) is 20.0 Å². The predicted octanol–water partition coefficient (Wildman–Crippen LogP) is 7.24. The third-order valence-electron chi connectivity index (χ3n) is 8.47. The number of benzene rings is 4. The zero-order valence-electron chi connectivity index (χ0n) is 27.5. The maximum Gasteiger partial charge on any atom is 0.265 e. The highest BCUT2D eigenvalue weighted by Gasteiger charge is 2.25. The van der Waals surface area contributed by atoms with Gasteiger partial charge in [-0.2, -0.15) is 0 Å². The minimum atomic E-state index is -3.58. The van der Waals surface area contributed by atoms with Gasteiger partial charge in [-0.25, -0.2) is 16.8 Å². The molecular formula is C36H40N4O4S2. The highest BCUT2D eigenvalue weighted by atomic mass is 32.2. The van der Waals surface area contributed by atoms with E-state index in [1.807, 2.05) is 124 Å². The first kappa shape index (κ1) is 32.8. The summed E-state index contributed by atoms with van der Waals surface area (Å²) in [4.78, 5) is 0.597. The lowest BCUT2D eigenvalue weighted by Gasteiger charge is -2.20. The summed E-state index contributed by atoms with van der Waals surface area (Å²) >= 11 is 0. The number of anilines is 2. The van der Waals surface area contributed by atoms with Crippen molar-refractivity contribution in [1.29, 1.82) is 0 Å². The summed E-state index contributed by atoms with van der Waals surface area (Å²) < 4.78 is 58.0. The first-order chi connectivity index (χ1) is 21.6. The summed E-state index contributed by atoms with van der Waals surface area (Å²) in [5.74, 6) is 1.30. The van der Waals surface area contributed by atoms with Crippen LogP contribution >= 0.6 is 0 Å². The van der Waals surface area contributed by atoms with E-state index in [1.54, 1.807) is 38.4 Å². The largest absolute Gasteiger partial charge is 0.330 e. The van der Waals surface area contributed by atoms with Crippen LogP contribution in [0, 0.1) is 27.7 Å². The number of hydrogen-bond acceptors (Lipinski definition) is 4. The number of sulfonamides is 2. The third-order valence-corrected chi connectivity index (χ3v) is 12.0. The molecule has 6 rings (SSSR count). The zero-order chi connectivity index (χ0) is 33.6. The fourth-order valence-corrected chi connectivity index (χ4v) is 8.24. The Hall–Kier alpha value is -4.54. The van der Waals surface area contributed by atoms with Gasteiger partial charge in [-0.05, 0) is 75.2 Å². The lowest BCUT2D eigenvalue weighted by atomic mass is 10.2. The normalized spacial score (nSPS) is 11.8. The molecule has 4 aromatic carbocycles. The topological polar surface area (TPSA) is 84.6 Å². The van der Waals surface area contributed by atoms with Crippen molar-refractivity contribution in [3.8, 4) is 0 Å². The van der Waals surface area contributed by atoms with E-state index in [0.717, 1.165) is 44.1 Å². The molecule has 0 aliphatic rings. The van der Waals surface area contributed by atoms with E-state index in [-0.39, 0.29) is 0 Å². The Bertz CT molecular complexity index is 2100. The van der Waals surface area contributed by atoms with E-state index < -0.39 is 20.0 Å². The molecule has 0 saturated carbocycles. The lowest BCUT2D eigenvalue weighted by molar-refractivity contribution is 0.591. The van der Waals surface area contributed by atoms with Crippen molar-refractivity contribution in [3.05, 3.63) is 119 Å². The molecule has 2 heterocycles. The fraction of sp³-hybridized carbons (Fsp3) is 0.222. The van der Waals surface area contributed by atoms with Crippen LogP contribution in [0.1, 0.15) is 22.3 Å². The van der Waals surface area contributed by atoms with Crippen LogP contribution in [0.25, 0.3) is 21.8 Å². The Balaban J connectivity index is 0.000000181. The monoisotopic (exact) mass is 656 g/mol. The van der Waals surface area contributed by atoms with Gasteiger partial charge in [-0.15, -0.1) is 0 Å². The summed E-state index contributed by atoms with van der Waals surface area (Å²) in [6, 6.07) is 29.7. The number of rotatable bonds is 6. The van der Waals surface area contributed by atoms with Gasteiger partial charge in [0, 0.05) is 39.0 Å². The minimum absolute atomic E-state index is 0.299. The molecule has 0 fully saturated rings. The van der Waals surface area contributed by atoms with Gasteiger partial charge >= 0.3 is 0 Å². The maximum atomic E-state index is 12.9. The summed E-state index contributed by atoms with van der Waals surface area (Å²) in [6.45, 7) is 7.93. The second-order valence-corrected chi connectivity index (χ2v) is 15.7. The molecule has 0 spiro atoms. The van der Waals surface area contributed by atoms with Gasteiger partial charge in [-0.3, -0.25) is 8.61 Å². The molecule has 0 atom stereocenters. The van der Waals surface area contributed by atoms with E-state index in [0.29, 0.717) is 21.4 Å². The van der Waals surface area contributed by atoms with Gasteiger partial charge < -0.3 is 9.13 Å². The zero-order valence-corrected chi connectivity index (χ0v) is 29.1. The van der Waals surface area contributed by atoms with Crippen molar-refractivity contribution >= 4 is 53.5 Å². The number of fused-ring (bicyclic) bond motifs is 2. The molecule has 0 aliphatic heterocycles. The SMILES string of the molecule is Cc1ccc(S(=O)(=O)N(C)c2cc3cccc(C)c3n2C)cc1.Cc1ccc(S(=O)(=O)N(C)c2cc3cccc(C)c3n2C)cc1. The Labute approximate surface area is 272 Å². The smallest absolute Gasteiger partial charge is 0.265 e. The lowest BCUT2D eigenvalue weighted by Crippen LogP contribution is -2.28. The minimum Gasteiger partial charge on any atom is -0.330 e. The van der Waals surface area contributed by atoms with Gasteiger partial charge in [0.1, 0.15) is 11.6 Å². The standard InChI is InChI=1S/2C18H20N2O2S/c2*1-13-8-10-16(11-9-13)23(21,22)20(4)17-12-15-7-5-6-14(2)18(15)19(17)3/h2*5-12H,1-4H3. The molecule has 0 bridgehead atoms. The number of hydrogen-bond donors (Lipinski definition) is 0. The van der Waals surface area contributed by atoms with Crippen molar-refractivity contribution < 1.29 is 16.8 Å². The number of aryl methyl sites for hydroxylation is 6. The Morgan fingerprint density at radius 2 is 0.826 bits per heavy atom. The predicted molar refractivity (Wildman–Crippen MR) is 189 cm³/mol. The summed E-state index contributed by atoms with van der Waals surface area (Å²) in [6.07, 6.45) is 0. The molecule has 46 heavy (non-hydrogen) atoms. The van der Waals surface area contributed by atoms with Gasteiger partial charge in [0.05, 0.1) is 20.8 Å². The van der Waals surface area contributed by atoms with Crippen LogP contribution in [0.4, 0.5) is 11.6 Å². The van der Waals surface area contributed by atoms with Crippen molar-refractivity contribution in [3.63, 3.8) is 0 Å². The molecule has 0 aliphatic carbocycles. The van der Waals surface area contributed by atoms with Crippen LogP contribution in [-0.4, -0.2) is 40.1 Å². The number of aromatic nitrogens is 2. The molecule has 0 amide bonds. The molecule has 8 nitrogen and oxygen atoms in total. The summed E-state index contributed by atoms with van der Waals surface area (Å²) in [7, 11) is -0.177. The van der Waals surface area contributed by atoms with Crippen molar-refractivity contribution in [1.82, 2.24) is 9.13 Å². The Kier molecular flexibility index (Phi) is 8.81. The third kappa shape index (κ3) is 5.90. The molecule has 0 N–H and O–H groups in total. The average Bonchev–Trinajstić information content (AvgIpc) is 3.54. The average molecular weight is 657 g/mol. The molecule has 10 heteroatoms. The quantitative estimate of drug-likeness (QED) is 0.189. The molecule has 0 radical (unpaired) electrons. The van der Waals surface area contributed by atoms with E-state index in [4.69, 9.17) is 0 Å². The summed E-state index contributed by atoms with van der Waals surface area (Å²) in [5.41, 5.74) is 6.41. The van der Waals surface area contributed by atoms with Crippen molar-refractivity contribution in [2.45, 2.75) is 37.5 Å².